The van der Waals surface area contributed by atoms with Crippen molar-refractivity contribution in [3.63, 3.8) is 0 Å². The van der Waals surface area contributed by atoms with Crippen LogP contribution in [0, 0.1) is 46.5 Å². The summed E-state index contributed by atoms with van der Waals surface area (Å²) < 4.78 is 35.3. The highest BCUT2D eigenvalue weighted by atomic mass is 19.1. The van der Waals surface area contributed by atoms with Crippen LogP contribution in [0.15, 0.2) is 114 Å². The minimum atomic E-state index is -1.47. The van der Waals surface area contributed by atoms with Crippen LogP contribution in [0.2, 0.25) is 0 Å². The number of amides is 1. The van der Waals surface area contributed by atoms with E-state index in [9.17, 15) is 29.5 Å². The molecule has 4 aromatic rings. The highest BCUT2D eigenvalue weighted by Gasteiger charge is 2.66. The topological polar surface area (TPSA) is 166 Å². The van der Waals surface area contributed by atoms with Crippen LogP contribution in [-0.4, -0.2) is 68.3 Å². The van der Waals surface area contributed by atoms with Crippen LogP contribution >= 0.6 is 0 Å². The zero-order chi connectivity index (χ0) is 46.2. The van der Waals surface area contributed by atoms with E-state index in [1.807, 2.05) is 42.2 Å². The molecule has 8 rings (SSSR count). The number of hydrogen-bond acceptors (Lipinski definition) is 11. The molecule has 2 saturated carbocycles. The lowest BCUT2D eigenvalue weighted by Gasteiger charge is -2.60. The Morgan fingerprint density at radius 3 is 2.44 bits per heavy atom. The summed E-state index contributed by atoms with van der Waals surface area (Å²) in [6.45, 7) is 6.66. The lowest BCUT2D eigenvalue weighted by Crippen LogP contribution is -2.70. The molecule has 348 valence electrons. The van der Waals surface area contributed by atoms with E-state index in [1.165, 1.54) is 24.3 Å². The number of oxime groups is 1. The third-order valence-corrected chi connectivity index (χ3v) is 13.4. The molecular weight excluding hydrogens is 844 g/mol. The van der Waals surface area contributed by atoms with Crippen LogP contribution in [0.25, 0.3) is 0 Å². The van der Waals surface area contributed by atoms with E-state index < -0.39 is 22.7 Å². The Morgan fingerprint density at radius 2 is 1.74 bits per heavy atom. The highest BCUT2D eigenvalue weighted by Crippen LogP contribution is 2.62. The number of aliphatic hydroxyl groups is 2. The van der Waals surface area contributed by atoms with Crippen molar-refractivity contribution in [2.24, 2.45) is 28.8 Å². The second-order valence-electron chi connectivity index (χ2n) is 17.9. The molecular formula is C52H59FN4O9. The van der Waals surface area contributed by atoms with Crippen LogP contribution < -0.4 is 9.47 Å². The van der Waals surface area contributed by atoms with Gasteiger partial charge in [-0.3, -0.25) is 19.9 Å². The average molecular weight is 903 g/mol. The molecule has 2 heterocycles. The molecule has 66 heavy (non-hydrogen) atoms. The number of hydrogen-bond donors (Lipinski definition) is 2. The van der Waals surface area contributed by atoms with Gasteiger partial charge in [-0.25, -0.2) is 4.39 Å². The molecule has 0 spiro atoms. The van der Waals surface area contributed by atoms with Crippen LogP contribution in [0.4, 0.5) is 10.1 Å². The first-order valence-electron chi connectivity index (χ1n) is 23.2. The smallest absolute Gasteiger partial charge is 0.269 e. The Morgan fingerprint density at radius 1 is 1.00 bits per heavy atom. The van der Waals surface area contributed by atoms with E-state index in [2.05, 4.69) is 23.7 Å². The van der Waals surface area contributed by atoms with E-state index in [4.69, 9.17) is 24.2 Å². The average Bonchev–Trinajstić information content (AvgIpc) is 4.18. The van der Waals surface area contributed by atoms with E-state index in [0.29, 0.717) is 35.6 Å². The van der Waals surface area contributed by atoms with E-state index in [-0.39, 0.29) is 87.1 Å². The number of nitro benzene ring substituents is 1. The summed E-state index contributed by atoms with van der Waals surface area (Å²) in [6.07, 6.45) is 9.97. The zero-order valence-corrected chi connectivity index (χ0v) is 37.4. The third-order valence-electron chi connectivity index (χ3n) is 13.4. The number of pyridine rings is 1. The molecule has 1 amide bonds. The van der Waals surface area contributed by atoms with Gasteiger partial charge in [0.15, 0.2) is 0 Å². The summed E-state index contributed by atoms with van der Waals surface area (Å²) in [5.74, 6) is -1.68. The molecule has 3 aromatic carbocycles. The largest absolute Gasteiger partial charge is 0.487 e. The third kappa shape index (κ3) is 10.4. The zero-order valence-electron chi connectivity index (χ0n) is 37.4. The van der Waals surface area contributed by atoms with Crippen molar-refractivity contribution in [3.05, 3.63) is 153 Å². The van der Waals surface area contributed by atoms with Crippen molar-refractivity contribution in [3.8, 4) is 11.5 Å². The number of carbonyl (C=O) groups is 1. The van der Waals surface area contributed by atoms with Crippen molar-refractivity contribution in [2.75, 3.05) is 19.8 Å². The molecule has 14 heteroatoms. The van der Waals surface area contributed by atoms with Crippen LogP contribution in [0.5, 0.6) is 11.5 Å². The van der Waals surface area contributed by atoms with Gasteiger partial charge in [0.05, 0.1) is 28.9 Å². The maximum Gasteiger partial charge on any atom is 0.269 e. The van der Waals surface area contributed by atoms with E-state index in [1.54, 1.807) is 30.3 Å². The number of non-ortho nitro benzene ring substituents is 1. The summed E-state index contributed by atoms with van der Waals surface area (Å²) in [4.78, 5) is 38.5. The molecule has 0 saturated heterocycles. The first-order chi connectivity index (χ1) is 32.1. The SMILES string of the molecule is C=CCOC12Oc3ccc(OCc4cccc(C)n4)cc3C3C(CCCCO)C(CCCCO)C=C(C(=NOCc4ccc([N+](=O)[O-])cc4)CC1N(Cc1ccc(F)cc1)C(=O)C1CC1)C32. The number of unbranched alkanes of at least 4 members (excludes halogenated alkanes) is 2. The normalized spacial score (nSPS) is 23.5. The fourth-order valence-corrected chi connectivity index (χ4v) is 10.2. The predicted octanol–water partition coefficient (Wildman–Crippen LogP) is 9.29. The number of fused-ring (bicyclic) bond motifs is 2. The molecule has 4 aliphatic rings. The molecule has 6 unspecified atom stereocenters. The molecule has 13 nitrogen and oxygen atoms in total. The molecule has 2 N–H and O–H groups in total. The quantitative estimate of drug-likeness (QED) is 0.0336. The fourth-order valence-electron chi connectivity index (χ4n) is 10.2. The van der Waals surface area contributed by atoms with Crippen molar-refractivity contribution in [1.29, 1.82) is 0 Å². The summed E-state index contributed by atoms with van der Waals surface area (Å²) in [5.41, 5.74) is 5.49. The molecule has 2 fully saturated rings. The number of aryl methyl sites for hydroxylation is 1. The number of nitrogens with zero attached hydrogens (tertiary/aromatic N) is 4. The second kappa shape index (κ2) is 21.1. The molecule has 1 aromatic heterocycles. The molecule has 1 aliphatic heterocycles. The lowest BCUT2D eigenvalue weighted by molar-refractivity contribution is -0.384. The Hall–Kier alpha value is -5.96. The standard InChI is InChI=1S/C52H59FN4O9/c1-3-27-64-52-48(56(51(60)37-17-18-37)31-35-13-19-39(53)20-14-35)30-46(55-65-32-36-15-21-41(22-16-36)57(61)62)44-28-38(10-4-6-25-58)43(12-5-7-26-59)49(50(44)52)45-29-42(23-24-47(45)66-52)63-33-40-11-8-9-34(2)54-40/h3,8-9,11,13-16,19-24,28-29,37-38,43,48-50,58-59H,1,4-7,10,12,17-18,25-27,30-33H2,2H3. The fraction of sp³-hybridized carbons (Fsp3) is 0.442. The molecule has 6 atom stereocenters. The van der Waals surface area contributed by atoms with Crippen LogP contribution in [0.1, 0.15) is 91.8 Å². The number of nitro groups is 1. The van der Waals surface area contributed by atoms with Gasteiger partial charge >= 0.3 is 0 Å². The number of halogens is 1. The van der Waals surface area contributed by atoms with Crippen molar-refractivity contribution in [1.82, 2.24) is 9.88 Å². The number of carbonyl (C=O) groups excluding carboxylic acids is 1. The number of aromatic nitrogens is 1. The maximum atomic E-state index is 14.9. The Balaban J connectivity index is 1.30. The summed E-state index contributed by atoms with van der Waals surface area (Å²) >= 11 is 0. The monoisotopic (exact) mass is 902 g/mol. The van der Waals surface area contributed by atoms with Gasteiger partial charge in [-0.2, -0.15) is 0 Å². The summed E-state index contributed by atoms with van der Waals surface area (Å²) in [5, 5.41) is 36.3. The van der Waals surface area contributed by atoms with Crippen LogP contribution in [-0.2, 0) is 34.1 Å². The minimum absolute atomic E-state index is 0.00208. The first kappa shape index (κ1) is 46.6. The number of allylic oxidation sites excluding steroid dienone is 1. The lowest BCUT2D eigenvalue weighted by atomic mass is 9.55. The maximum absolute atomic E-state index is 14.9. The molecule has 0 radical (unpaired) electrons. The van der Waals surface area contributed by atoms with Gasteiger partial charge in [0.25, 0.3) is 5.69 Å². The highest BCUT2D eigenvalue weighted by molar-refractivity contribution is 6.03. The van der Waals surface area contributed by atoms with E-state index >= 15 is 0 Å². The van der Waals surface area contributed by atoms with Gasteiger partial charge in [-0.15, -0.1) is 6.58 Å². The number of aliphatic hydroxyl groups excluding tert-OH is 2. The van der Waals surface area contributed by atoms with Gasteiger partial charge in [-0.05, 0) is 129 Å². The molecule has 3 aliphatic carbocycles. The Kier molecular flexibility index (Phi) is 14.9. The van der Waals surface area contributed by atoms with Crippen molar-refractivity contribution in [2.45, 2.75) is 102 Å². The van der Waals surface area contributed by atoms with Crippen LogP contribution in [0.3, 0.4) is 0 Å². The number of rotatable bonds is 22. The Bertz CT molecular complexity index is 2410. The van der Waals surface area contributed by atoms with Gasteiger partial charge < -0.3 is 34.2 Å². The van der Waals surface area contributed by atoms with Crippen molar-refractivity contribution >= 4 is 17.3 Å². The Labute approximate surface area is 385 Å². The summed E-state index contributed by atoms with van der Waals surface area (Å²) in [7, 11) is 0. The summed E-state index contributed by atoms with van der Waals surface area (Å²) in [6, 6.07) is 23.2. The second-order valence-corrected chi connectivity index (χ2v) is 17.9. The van der Waals surface area contributed by atoms with Gasteiger partial charge in [0.2, 0.25) is 11.7 Å². The first-order valence-corrected chi connectivity index (χ1v) is 23.2. The van der Waals surface area contributed by atoms with Gasteiger partial charge in [-0.1, -0.05) is 48.3 Å². The predicted molar refractivity (Wildman–Crippen MR) is 246 cm³/mol. The van der Waals surface area contributed by atoms with E-state index in [0.717, 1.165) is 66.6 Å². The molecule has 0 bridgehead atoms. The number of benzene rings is 3. The number of ether oxygens (including phenoxy) is 3. The minimum Gasteiger partial charge on any atom is -0.487 e. The van der Waals surface area contributed by atoms with Gasteiger partial charge in [0, 0.05) is 61.4 Å². The van der Waals surface area contributed by atoms with Gasteiger partial charge in [0.1, 0.15) is 36.6 Å². The van der Waals surface area contributed by atoms with Crippen molar-refractivity contribution < 1.29 is 43.4 Å².